The Morgan fingerprint density at radius 1 is 1.48 bits per heavy atom. The maximum absolute atomic E-state index is 12.0. The lowest BCUT2D eigenvalue weighted by Gasteiger charge is -2.11. The molecule has 0 spiro atoms. The highest BCUT2D eigenvalue weighted by Gasteiger charge is 2.10. The van der Waals surface area contributed by atoms with Crippen LogP contribution >= 0.6 is 23.4 Å². The first kappa shape index (κ1) is 15.7. The van der Waals surface area contributed by atoms with Gasteiger partial charge in [-0.15, -0.1) is 11.8 Å². The number of hydrogen-bond acceptors (Lipinski definition) is 4. The van der Waals surface area contributed by atoms with Gasteiger partial charge in [-0.1, -0.05) is 11.6 Å². The summed E-state index contributed by atoms with van der Waals surface area (Å²) >= 11 is 7.36. The van der Waals surface area contributed by atoms with Gasteiger partial charge in [0.2, 0.25) is 5.91 Å². The fourth-order valence-corrected chi connectivity index (χ4v) is 2.73. The lowest BCUT2D eigenvalue weighted by atomic mass is 10.3. The van der Waals surface area contributed by atoms with Crippen LogP contribution in [-0.2, 0) is 4.79 Å². The van der Waals surface area contributed by atoms with Gasteiger partial charge < -0.3 is 11.1 Å². The van der Waals surface area contributed by atoms with Gasteiger partial charge in [-0.25, -0.2) is 4.68 Å². The number of benzene rings is 1. The molecule has 0 aliphatic heterocycles. The molecule has 0 unspecified atom stereocenters. The molecule has 1 amide bonds. The Labute approximate surface area is 132 Å². The molecule has 5 nitrogen and oxygen atoms in total. The van der Waals surface area contributed by atoms with E-state index in [1.54, 1.807) is 29.1 Å². The van der Waals surface area contributed by atoms with Crippen LogP contribution in [0, 0.1) is 0 Å². The van der Waals surface area contributed by atoms with Crippen LogP contribution < -0.4 is 11.1 Å². The van der Waals surface area contributed by atoms with Gasteiger partial charge in [-0.2, -0.15) is 5.10 Å². The number of rotatable bonds is 5. The Kier molecular flexibility index (Phi) is 5.14. The van der Waals surface area contributed by atoms with Gasteiger partial charge in [0.15, 0.2) is 0 Å². The lowest BCUT2D eigenvalue weighted by molar-refractivity contribution is -0.113. The van der Waals surface area contributed by atoms with E-state index in [0.29, 0.717) is 22.3 Å². The van der Waals surface area contributed by atoms with Crippen LogP contribution in [0.2, 0.25) is 5.02 Å². The largest absolute Gasteiger partial charge is 0.398 e. The van der Waals surface area contributed by atoms with E-state index in [4.69, 9.17) is 17.3 Å². The third kappa shape index (κ3) is 4.15. The van der Waals surface area contributed by atoms with E-state index >= 15 is 0 Å². The zero-order valence-corrected chi connectivity index (χ0v) is 13.4. The van der Waals surface area contributed by atoms with Crippen LogP contribution in [0.3, 0.4) is 0 Å². The van der Waals surface area contributed by atoms with E-state index in [1.165, 1.54) is 11.8 Å². The Balaban J connectivity index is 1.93. The smallest absolute Gasteiger partial charge is 0.235 e. The average Bonchev–Trinajstić information content (AvgIpc) is 2.88. The quantitative estimate of drug-likeness (QED) is 0.653. The Morgan fingerprint density at radius 2 is 2.24 bits per heavy atom. The number of aromatic nitrogens is 2. The van der Waals surface area contributed by atoms with Gasteiger partial charge in [0.25, 0.3) is 0 Å². The van der Waals surface area contributed by atoms with Crippen molar-refractivity contribution < 1.29 is 4.79 Å². The SMILES string of the molecule is CC(C)n1nccc1NC(=O)CSc1ccc(N)c(Cl)c1. The Hall–Kier alpha value is -1.66. The fourth-order valence-electron chi connectivity index (χ4n) is 1.75. The summed E-state index contributed by atoms with van der Waals surface area (Å²) in [6.07, 6.45) is 1.67. The number of carbonyl (C=O) groups is 1. The number of hydrogen-bond donors (Lipinski definition) is 2. The average molecular weight is 325 g/mol. The minimum atomic E-state index is -0.0876. The van der Waals surface area contributed by atoms with E-state index in [1.807, 2.05) is 19.9 Å². The van der Waals surface area contributed by atoms with Gasteiger partial charge >= 0.3 is 0 Å². The lowest BCUT2D eigenvalue weighted by Crippen LogP contribution is -2.18. The van der Waals surface area contributed by atoms with Crippen molar-refractivity contribution in [1.82, 2.24) is 9.78 Å². The molecule has 3 N–H and O–H groups in total. The molecule has 112 valence electrons. The van der Waals surface area contributed by atoms with Gasteiger partial charge in [0.1, 0.15) is 5.82 Å². The number of nitrogens with zero attached hydrogens (tertiary/aromatic N) is 2. The molecule has 0 atom stereocenters. The summed E-state index contributed by atoms with van der Waals surface area (Å²) in [6, 6.07) is 7.31. The number of halogens is 1. The second kappa shape index (κ2) is 6.87. The molecular formula is C14H17ClN4OS. The normalized spacial score (nSPS) is 10.9. The molecule has 7 heteroatoms. The molecule has 0 aliphatic rings. The van der Waals surface area contributed by atoms with Gasteiger partial charge in [-0.3, -0.25) is 4.79 Å². The molecule has 2 rings (SSSR count). The van der Waals surface area contributed by atoms with Gasteiger partial charge in [0, 0.05) is 17.0 Å². The second-order valence-corrected chi connectivity index (χ2v) is 6.23. The molecule has 0 saturated carbocycles. The van der Waals surface area contributed by atoms with Crippen molar-refractivity contribution in [3.63, 3.8) is 0 Å². The minimum Gasteiger partial charge on any atom is -0.398 e. The molecule has 1 heterocycles. The van der Waals surface area contributed by atoms with Gasteiger partial charge in [0.05, 0.1) is 22.7 Å². The highest BCUT2D eigenvalue weighted by molar-refractivity contribution is 8.00. The van der Waals surface area contributed by atoms with Crippen molar-refractivity contribution in [3.05, 3.63) is 35.5 Å². The number of nitrogens with two attached hydrogens (primary N) is 1. The second-order valence-electron chi connectivity index (χ2n) is 4.77. The Bertz CT molecular complexity index is 642. The third-order valence-corrected chi connectivity index (χ3v) is 4.09. The predicted octanol–water partition coefficient (Wildman–Crippen LogP) is 3.43. The van der Waals surface area contributed by atoms with Crippen molar-refractivity contribution in [2.24, 2.45) is 0 Å². The summed E-state index contributed by atoms with van der Waals surface area (Å²) in [5.74, 6) is 0.907. The van der Waals surface area contributed by atoms with Crippen molar-refractivity contribution in [1.29, 1.82) is 0 Å². The van der Waals surface area contributed by atoms with Crippen molar-refractivity contribution >= 4 is 40.8 Å². The number of amides is 1. The summed E-state index contributed by atoms with van der Waals surface area (Å²) < 4.78 is 1.77. The molecule has 0 radical (unpaired) electrons. The number of nitrogens with one attached hydrogen (secondary N) is 1. The monoisotopic (exact) mass is 324 g/mol. The highest BCUT2D eigenvalue weighted by atomic mass is 35.5. The first-order valence-corrected chi connectivity index (χ1v) is 7.85. The maximum atomic E-state index is 12.0. The molecular weight excluding hydrogens is 308 g/mol. The topological polar surface area (TPSA) is 72.9 Å². The van der Waals surface area contributed by atoms with Crippen LogP contribution in [0.4, 0.5) is 11.5 Å². The molecule has 0 saturated heterocycles. The van der Waals surface area contributed by atoms with Crippen LogP contribution in [0.15, 0.2) is 35.4 Å². The summed E-state index contributed by atoms with van der Waals surface area (Å²) in [4.78, 5) is 12.9. The highest BCUT2D eigenvalue weighted by Crippen LogP contribution is 2.26. The molecule has 0 aliphatic carbocycles. The van der Waals surface area contributed by atoms with Crippen LogP contribution in [-0.4, -0.2) is 21.4 Å². The molecule has 0 fully saturated rings. The zero-order chi connectivity index (χ0) is 15.4. The standard InChI is InChI=1S/C14H17ClN4OS/c1-9(2)19-13(5-6-17-19)18-14(20)8-21-10-3-4-12(16)11(15)7-10/h3-7,9H,8,16H2,1-2H3,(H,18,20). The predicted molar refractivity (Wildman–Crippen MR) is 87.8 cm³/mol. The van der Waals surface area contributed by atoms with E-state index in [-0.39, 0.29) is 11.9 Å². The molecule has 1 aromatic heterocycles. The first-order chi connectivity index (χ1) is 9.97. The molecule has 0 bridgehead atoms. The van der Waals surface area contributed by atoms with E-state index < -0.39 is 0 Å². The first-order valence-electron chi connectivity index (χ1n) is 6.48. The number of carbonyl (C=O) groups excluding carboxylic acids is 1. The summed E-state index contributed by atoms with van der Waals surface area (Å²) in [6.45, 7) is 4.02. The number of nitrogen functional groups attached to an aromatic ring is 1. The van der Waals surface area contributed by atoms with Crippen LogP contribution in [0.1, 0.15) is 19.9 Å². The molecule has 1 aromatic carbocycles. The fraction of sp³-hybridized carbons (Fsp3) is 0.286. The van der Waals surface area contributed by atoms with Crippen molar-refractivity contribution in [2.45, 2.75) is 24.8 Å². The molecule has 2 aromatic rings. The summed E-state index contributed by atoms with van der Waals surface area (Å²) in [5.41, 5.74) is 6.18. The van der Waals surface area contributed by atoms with E-state index in [0.717, 1.165) is 4.90 Å². The minimum absolute atomic E-state index is 0.0876. The third-order valence-electron chi connectivity index (χ3n) is 2.77. The number of anilines is 2. The Morgan fingerprint density at radius 3 is 2.90 bits per heavy atom. The van der Waals surface area contributed by atoms with E-state index in [9.17, 15) is 4.79 Å². The zero-order valence-electron chi connectivity index (χ0n) is 11.8. The summed E-state index contributed by atoms with van der Waals surface area (Å²) in [7, 11) is 0. The molecule has 21 heavy (non-hydrogen) atoms. The number of thioether (sulfide) groups is 1. The van der Waals surface area contributed by atoms with E-state index in [2.05, 4.69) is 10.4 Å². The van der Waals surface area contributed by atoms with Crippen molar-refractivity contribution in [3.8, 4) is 0 Å². The maximum Gasteiger partial charge on any atom is 0.235 e. The van der Waals surface area contributed by atoms with Crippen molar-refractivity contribution in [2.75, 3.05) is 16.8 Å². The van der Waals surface area contributed by atoms with Crippen LogP contribution in [0.5, 0.6) is 0 Å². The van der Waals surface area contributed by atoms with Gasteiger partial charge in [-0.05, 0) is 32.0 Å². The summed E-state index contributed by atoms with van der Waals surface area (Å²) in [5, 5.41) is 7.52. The van der Waals surface area contributed by atoms with Crippen LogP contribution in [0.25, 0.3) is 0 Å².